The van der Waals surface area contributed by atoms with Crippen LogP contribution < -0.4 is 16.0 Å². The smallest absolute Gasteiger partial charge is 0.355 e. The minimum Gasteiger partial charge on any atom is -0.355 e. The fraction of sp³-hybridized carbons (Fsp3) is 0.385. The second-order valence-electron chi connectivity index (χ2n) is 4.23. The fourth-order valence-electron chi connectivity index (χ4n) is 1.41. The topological polar surface area (TPSA) is 70.2 Å². The van der Waals surface area contributed by atoms with Gasteiger partial charge in [-0.05, 0) is 30.7 Å². The average Bonchev–Trinajstić information content (AvgIpc) is 2.42. The van der Waals surface area contributed by atoms with Gasteiger partial charge in [-0.15, -0.1) is 0 Å². The quantitative estimate of drug-likeness (QED) is 0.781. The molecule has 0 fully saturated rings. The molecule has 0 bridgehead atoms. The van der Waals surface area contributed by atoms with Crippen molar-refractivity contribution in [1.29, 1.82) is 0 Å². The Kier molecular flexibility index (Phi) is 6.01. The lowest BCUT2D eigenvalue weighted by atomic mass is 10.2. The van der Waals surface area contributed by atoms with Crippen LogP contribution in [0.1, 0.15) is 18.9 Å². The van der Waals surface area contributed by atoms with Crippen LogP contribution >= 0.6 is 0 Å². The van der Waals surface area contributed by atoms with Gasteiger partial charge in [0.15, 0.2) is 0 Å². The van der Waals surface area contributed by atoms with Crippen molar-refractivity contribution >= 4 is 17.6 Å². The maximum atomic E-state index is 12.3. The number of rotatable bonds is 5. The third-order valence-electron chi connectivity index (χ3n) is 2.45. The van der Waals surface area contributed by atoms with Gasteiger partial charge in [0, 0.05) is 12.2 Å². The summed E-state index contributed by atoms with van der Waals surface area (Å²) in [5.41, 5.74) is -0.595. The monoisotopic (exact) mass is 303 g/mol. The molecule has 0 aliphatic rings. The predicted octanol–water partition coefficient (Wildman–Crippen LogP) is 2.35. The van der Waals surface area contributed by atoms with E-state index in [-0.39, 0.29) is 18.1 Å². The first-order valence-corrected chi connectivity index (χ1v) is 6.31. The van der Waals surface area contributed by atoms with E-state index < -0.39 is 17.8 Å². The number of benzene rings is 1. The summed E-state index contributed by atoms with van der Waals surface area (Å²) in [7, 11) is 0. The molecule has 0 radical (unpaired) electrons. The van der Waals surface area contributed by atoms with E-state index in [1.165, 1.54) is 0 Å². The van der Waals surface area contributed by atoms with Gasteiger partial charge in [0.05, 0.1) is 12.1 Å². The second-order valence-corrected chi connectivity index (χ2v) is 4.23. The van der Waals surface area contributed by atoms with Crippen molar-refractivity contribution in [3.05, 3.63) is 29.8 Å². The number of hydrogen-bond donors (Lipinski definition) is 3. The van der Waals surface area contributed by atoms with Crippen LogP contribution in [0.5, 0.6) is 0 Å². The Labute approximate surface area is 119 Å². The average molecular weight is 303 g/mol. The number of nitrogens with one attached hydrogen (secondary N) is 3. The van der Waals surface area contributed by atoms with E-state index in [0.29, 0.717) is 6.54 Å². The van der Waals surface area contributed by atoms with Gasteiger partial charge in [-0.2, -0.15) is 13.2 Å². The summed E-state index contributed by atoms with van der Waals surface area (Å²) in [5, 5.41) is 7.20. The SMILES string of the molecule is CCCNC(=O)CNC(=O)Nc1ccc(C(F)(F)F)cc1. The minimum atomic E-state index is -4.42. The van der Waals surface area contributed by atoms with Crippen LogP contribution in [0.25, 0.3) is 0 Å². The molecular weight excluding hydrogens is 287 g/mol. The first-order valence-electron chi connectivity index (χ1n) is 6.31. The Morgan fingerprint density at radius 2 is 1.71 bits per heavy atom. The number of anilines is 1. The lowest BCUT2D eigenvalue weighted by Crippen LogP contribution is -2.39. The molecule has 0 spiro atoms. The Morgan fingerprint density at radius 1 is 1.10 bits per heavy atom. The minimum absolute atomic E-state index is 0.202. The predicted molar refractivity (Wildman–Crippen MR) is 71.8 cm³/mol. The summed E-state index contributed by atoms with van der Waals surface area (Å²) in [4.78, 5) is 22.7. The molecule has 21 heavy (non-hydrogen) atoms. The van der Waals surface area contributed by atoms with Gasteiger partial charge < -0.3 is 16.0 Å². The van der Waals surface area contributed by atoms with E-state index in [9.17, 15) is 22.8 Å². The van der Waals surface area contributed by atoms with Crippen LogP contribution in [0, 0.1) is 0 Å². The van der Waals surface area contributed by atoms with Crippen LogP contribution in [0.2, 0.25) is 0 Å². The van der Waals surface area contributed by atoms with Crippen LogP contribution in [-0.2, 0) is 11.0 Å². The van der Waals surface area contributed by atoms with Crippen molar-refractivity contribution in [1.82, 2.24) is 10.6 Å². The molecule has 0 aliphatic carbocycles. The van der Waals surface area contributed by atoms with Crippen LogP contribution in [-0.4, -0.2) is 25.0 Å². The highest BCUT2D eigenvalue weighted by Crippen LogP contribution is 2.29. The van der Waals surface area contributed by atoms with E-state index in [4.69, 9.17) is 0 Å². The van der Waals surface area contributed by atoms with Crippen molar-refractivity contribution in [2.75, 3.05) is 18.4 Å². The van der Waals surface area contributed by atoms with Crippen LogP contribution in [0.4, 0.5) is 23.7 Å². The number of halogens is 3. The standard InChI is InChI=1S/C13H16F3N3O2/c1-2-7-17-11(20)8-18-12(21)19-10-5-3-9(4-6-10)13(14,15)16/h3-6H,2,7-8H2,1H3,(H,17,20)(H2,18,19,21). The van der Waals surface area contributed by atoms with E-state index in [1.54, 1.807) is 0 Å². The summed E-state index contributed by atoms with van der Waals surface area (Å²) in [6, 6.07) is 3.34. The first-order chi connectivity index (χ1) is 9.82. The summed E-state index contributed by atoms with van der Waals surface area (Å²) >= 11 is 0. The maximum absolute atomic E-state index is 12.3. The zero-order chi connectivity index (χ0) is 15.9. The summed E-state index contributed by atoms with van der Waals surface area (Å²) in [6.07, 6.45) is -3.64. The molecule has 3 amide bonds. The molecular formula is C13H16F3N3O2. The molecule has 0 aliphatic heterocycles. The van der Waals surface area contributed by atoms with E-state index in [2.05, 4.69) is 16.0 Å². The van der Waals surface area contributed by atoms with E-state index in [0.717, 1.165) is 30.7 Å². The summed E-state index contributed by atoms with van der Waals surface area (Å²) in [6.45, 7) is 2.21. The zero-order valence-electron chi connectivity index (χ0n) is 11.4. The molecule has 116 valence electrons. The molecule has 1 rings (SSSR count). The summed E-state index contributed by atoms with van der Waals surface area (Å²) < 4.78 is 37.0. The lowest BCUT2D eigenvalue weighted by molar-refractivity contribution is -0.137. The number of amides is 3. The van der Waals surface area contributed by atoms with Gasteiger partial charge in [0.1, 0.15) is 0 Å². The number of urea groups is 1. The Morgan fingerprint density at radius 3 is 2.24 bits per heavy atom. The molecule has 0 atom stereocenters. The molecule has 1 aromatic rings. The third kappa shape index (κ3) is 6.15. The van der Waals surface area contributed by atoms with Crippen molar-refractivity contribution < 1.29 is 22.8 Å². The molecule has 0 aromatic heterocycles. The first kappa shape index (κ1) is 16.8. The van der Waals surface area contributed by atoms with E-state index in [1.807, 2.05) is 6.92 Å². The fourth-order valence-corrected chi connectivity index (χ4v) is 1.41. The largest absolute Gasteiger partial charge is 0.416 e. The molecule has 0 unspecified atom stereocenters. The van der Waals surface area contributed by atoms with Crippen LogP contribution in [0.15, 0.2) is 24.3 Å². The molecule has 8 heteroatoms. The lowest BCUT2D eigenvalue weighted by Gasteiger charge is -2.10. The van der Waals surface area contributed by atoms with Crippen molar-refractivity contribution in [2.24, 2.45) is 0 Å². The molecule has 0 heterocycles. The molecule has 3 N–H and O–H groups in total. The van der Waals surface area contributed by atoms with Crippen LogP contribution in [0.3, 0.4) is 0 Å². The second kappa shape index (κ2) is 7.51. The maximum Gasteiger partial charge on any atom is 0.416 e. The highest BCUT2D eigenvalue weighted by molar-refractivity contribution is 5.92. The number of alkyl halides is 3. The van der Waals surface area contributed by atoms with Gasteiger partial charge in [-0.3, -0.25) is 4.79 Å². The van der Waals surface area contributed by atoms with E-state index >= 15 is 0 Å². The molecule has 0 saturated heterocycles. The third-order valence-corrected chi connectivity index (χ3v) is 2.45. The zero-order valence-corrected chi connectivity index (χ0v) is 11.4. The molecule has 5 nitrogen and oxygen atoms in total. The summed E-state index contributed by atoms with van der Waals surface area (Å²) in [5.74, 6) is -0.334. The van der Waals surface area contributed by atoms with Crippen molar-refractivity contribution in [3.63, 3.8) is 0 Å². The normalized spacial score (nSPS) is 10.9. The van der Waals surface area contributed by atoms with Gasteiger partial charge in [-0.1, -0.05) is 6.92 Å². The Balaban J connectivity index is 2.43. The molecule has 1 aromatic carbocycles. The van der Waals surface area contributed by atoms with Gasteiger partial charge in [0.25, 0.3) is 0 Å². The highest BCUT2D eigenvalue weighted by Gasteiger charge is 2.29. The van der Waals surface area contributed by atoms with Crippen molar-refractivity contribution in [3.8, 4) is 0 Å². The van der Waals surface area contributed by atoms with Gasteiger partial charge in [-0.25, -0.2) is 4.79 Å². The number of hydrogen-bond acceptors (Lipinski definition) is 2. The van der Waals surface area contributed by atoms with Crippen molar-refractivity contribution in [2.45, 2.75) is 19.5 Å². The van der Waals surface area contributed by atoms with Gasteiger partial charge in [0.2, 0.25) is 5.91 Å². The number of carbonyl (C=O) groups excluding carboxylic acids is 2. The Bertz CT molecular complexity index is 486. The highest BCUT2D eigenvalue weighted by atomic mass is 19.4. The Hall–Kier alpha value is -2.25. The molecule has 0 saturated carbocycles. The van der Waals surface area contributed by atoms with Gasteiger partial charge >= 0.3 is 12.2 Å². The number of carbonyl (C=O) groups is 2.